The van der Waals surface area contributed by atoms with E-state index in [0.29, 0.717) is 11.5 Å². The van der Waals surface area contributed by atoms with Gasteiger partial charge in [-0.2, -0.15) is 0 Å². The molecule has 0 fully saturated rings. The maximum atomic E-state index is 12.3. The van der Waals surface area contributed by atoms with Gasteiger partial charge in [-0.1, -0.05) is 29.8 Å². The van der Waals surface area contributed by atoms with E-state index >= 15 is 0 Å². The number of hydrogen-bond acceptors (Lipinski definition) is 4. The quantitative estimate of drug-likeness (QED) is 0.743. The van der Waals surface area contributed by atoms with Gasteiger partial charge in [-0.15, -0.1) is 0 Å². The summed E-state index contributed by atoms with van der Waals surface area (Å²) >= 11 is 0. The zero-order valence-corrected chi connectivity index (χ0v) is 14.5. The Hall–Kier alpha value is -3.21. The molecule has 0 unspecified atom stereocenters. The number of hydrogen-bond donors (Lipinski definition) is 2. The van der Waals surface area contributed by atoms with E-state index < -0.39 is 0 Å². The summed E-state index contributed by atoms with van der Waals surface area (Å²) in [7, 11) is 0. The lowest BCUT2D eigenvalue weighted by Crippen LogP contribution is -2.13. The molecule has 0 radical (unpaired) electrons. The van der Waals surface area contributed by atoms with Gasteiger partial charge in [-0.3, -0.25) is 4.79 Å². The van der Waals surface area contributed by atoms with Crippen molar-refractivity contribution < 1.29 is 4.79 Å². The van der Waals surface area contributed by atoms with Gasteiger partial charge in [-0.25, -0.2) is 9.97 Å². The minimum absolute atomic E-state index is 0.233. The SMILES string of the molecule is Cc1cccc(NC(=O)c2cnc(Nc3ccc(C)cc3C)nc2)c1. The first-order valence-corrected chi connectivity index (χ1v) is 8.05. The van der Waals surface area contributed by atoms with Crippen molar-refractivity contribution in [3.05, 3.63) is 77.1 Å². The normalized spacial score (nSPS) is 10.4. The Bertz CT molecular complexity index is 904. The summed E-state index contributed by atoms with van der Waals surface area (Å²) in [5.74, 6) is 0.225. The Kier molecular flexibility index (Phi) is 4.75. The number of benzene rings is 2. The van der Waals surface area contributed by atoms with Crippen LogP contribution in [0.1, 0.15) is 27.0 Å². The van der Waals surface area contributed by atoms with Gasteiger partial charge in [0.2, 0.25) is 5.95 Å². The zero-order valence-electron chi connectivity index (χ0n) is 14.5. The molecule has 0 saturated carbocycles. The maximum Gasteiger partial charge on any atom is 0.258 e. The van der Waals surface area contributed by atoms with Crippen molar-refractivity contribution in [1.82, 2.24) is 9.97 Å². The van der Waals surface area contributed by atoms with Crippen molar-refractivity contribution in [1.29, 1.82) is 0 Å². The number of carbonyl (C=O) groups excluding carboxylic acids is 1. The van der Waals surface area contributed by atoms with Gasteiger partial charge in [-0.05, 0) is 50.1 Å². The fourth-order valence-corrected chi connectivity index (χ4v) is 2.51. The minimum atomic E-state index is -0.233. The highest BCUT2D eigenvalue weighted by Gasteiger charge is 2.08. The van der Waals surface area contributed by atoms with Crippen LogP contribution in [0.4, 0.5) is 17.3 Å². The summed E-state index contributed by atoms with van der Waals surface area (Å²) in [5.41, 5.74) is 5.51. The highest BCUT2D eigenvalue weighted by Crippen LogP contribution is 2.19. The summed E-state index contributed by atoms with van der Waals surface area (Å²) in [4.78, 5) is 20.7. The third kappa shape index (κ3) is 4.20. The number of amides is 1. The lowest BCUT2D eigenvalue weighted by Gasteiger charge is -2.09. The lowest BCUT2D eigenvalue weighted by atomic mass is 10.1. The van der Waals surface area contributed by atoms with Gasteiger partial charge in [0.15, 0.2) is 0 Å². The zero-order chi connectivity index (χ0) is 17.8. The van der Waals surface area contributed by atoms with Crippen LogP contribution in [0.25, 0.3) is 0 Å². The largest absolute Gasteiger partial charge is 0.324 e. The Balaban J connectivity index is 1.70. The van der Waals surface area contributed by atoms with Crippen LogP contribution in [-0.2, 0) is 0 Å². The molecule has 0 atom stereocenters. The van der Waals surface area contributed by atoms with Gasteiger partial charge < -0.3 is 10.6 Å². The fraction of sp³-hybridized carbons (Fsp3) is 0.150. The number of carbonyl (C=O) groups is 1. The summed E-state index contributed by atoms with van der Waals surface area (Å²) in [6.45, 7) is 6.06. The maximum absolute atomic E-state index is 12.3. The monoisotopic (exact) mass is 332 g/mol. The van der Waals surface area contributed by atoms with Crippen molar-refractivity contribution in [2.24, 2.45) is 0 Å². The molecular formula is C20H20N4O. The number of nitrogens with zero attached hydrogens (tertiary/aromatic N) is 2. The van der Waals surface area contributed by atoms with Crippen molar-refractivity contribution in [2.75, 3.05) is 10.6 Å². The molecule has 0 aliphatic carbocycles. The summed E-state index contributed by atoms with van der Waals surface area (Å²) in [5, 5.41) is 6.01. The van der Waals surface area contributed by atoms with Crippen molar-refractivity contribution >= 4 is 23.2 Å². The van der Waals surface area contributed by atoms with E-state index in [-0.39, 0.29) is 5.91 Å². The highest BCUT2D eigenvalue weighted by atomic mass is 16.1. The molecule has 0 saturated heterocycles. The first-order chi connectivity index (χ1) is 12.0. The molecule has 0 bridgehead atoms. The Morgan fingerprint density at radius 3 is 2.32 bits per heavy atom. The molecule has 5 nitrogen and oxygen atoms in total. The van der Waals surface area contributed by atoms with E-state index in [4.69, 9.17) is 0 Å². The summed E-state index contributed by atoms with van der Waals surface area (Å²) < 4.78 is 0. The number of rotatable bonds is 4. The average Bonchev–Trinajstić information content (AvgIpc) is 2.58. The molecule has 1 aromatic heterocycles. The van der Waals surface area contributed by atoms with Crippen LogP contribution < -0.4 is 10.6 Å². The predicted molar refractivity (Wildman–Crippen MR) is 100 cm³/mol. The molecule has 3 rings (SSSR count). The van der Waals surface area contributed by atoms with Gasteiger partial charge >= 0.3 is 0 Å². The molecule has 0 aliphatic rings. The van der Waals surface area contributed by atoms with Crippen LogP contribution >= 0.6 is 0 Å². The second-order valence-corrected chi connectivity index (χ2v) is 6.06. The van der Waals surface area contributed by atoms with E-state index in [9.17, 15) is 4.79 Å². The van der Waals surface area contributed by atoms with Gasteiger partial charge in [0, 0.05) is 23.8 Å². The van der Waals surface area contributed by atoms with Crippen molar-refractivity contribution in [3.63, 3.8) is 0 Å². The highest BCUT2D eigenvalue weighted by molar-refractivity contribution is 6.03. The molecule has 1 heterocycles. The third-order valence-corrected chi connectivity index (χ3v) is 3.82. The van der Waals surface area contributed by atoms with Crippen LogP contribution in [0, 0.1) is 20.8 Å². The average molecular weight is 332 g/mol. The molecule has 0 aliphatic heterocycles. The molecule has 0 spiro atoms. The Morgan fingerprint density at radius 2 is 1.64 bits per heavy atom. The molecule has 126 valence electrons. The molecular weight excluding hydrogens is 312 g/mol. The van der Waals surface area contributed by atoms with E-state index in [1.807, 2.05) is 50.2 Å². The second-order valence-electron chi connectivity index (χ2n) is 6.06. The van der Waals surface area contributed by atoms with Gasteiger partial charge in [0.1, 0.15) is 0 Å². The summed E-state index contributed by atoms with van der Waals surface area (Å²) in [6, 6.07) is 13.7. The molecule has 3 aromatic rings. The molecule has 1 amide bonds. The topological polar surface area (TPSA) is 66.9 Å². The Labute approximate surface area is 147 Å². The molecule has 5 heteroatoms. The third-order valence-electron chi connectivity index (χ3n) is 3.82. The van der Waals surface area contributed by atoms with Crippen LogP contribution in [0.2, 0.25) is 0 Å². The number of aromatic nitrogens is 2. The van der Waals surface area contributed by atoms with Crippen molar-refractivity contribution in [3.8, 4) is 0 Å². The van der Waals surface area contributed by atoms with Crippen LogP contribution in [0.5, 0.6) is 0 Å². The fourth-order valence-electron chi connectivity index (χ4n) is 2.51. The number of nitrogens with one attached hydrogen (secondary N) is 2. The van der Waals surface area contributed by atoms with Crippen LogP contribution in [0.15, 0.2) is 54.9 Å². The number of anilines is 3. The lowest BCUT2D eigenvalue weighted by molar-refractivity contribution is 0.102. The molecule has 2 N–H and O–H groups in total. The standard InChI is InChI=1S/C20H20N4O/c1-13-5-4-6-17(10-13)23-19(25)16-11-21-20(22-12-16)24-18-8-7-14(2)9-15(18)3/h4-12H,1-3H3,(H,23,25)(H,21,22,24). The first kappa shape index (κ1) is 16.6. The van der Waals surface area contributed by atoms with Crippen LogP contribution in [0.3, 0.4) is 0 Å². The van der Waals surface area contributed by atoms with Gasteiger partial charge in [0.05, 0.1) is 5.56 Å². The Morgan fingerprint density at radius 1 is 0.920 bits per heavy atom. The van der Waals surface area contributed by atoms with E-state index in [2.05, 4.69) is 33.6 Å². The molecule has 2 aromatic carbocycles. The van der Waals surface area contributed by atoms with Gasteiger partial charge in [0.25, 0.3) is 5.91 Å². The van der Waals surface area contributed by atoms with E-state index in [1.165, 1.54) is 18.0 Å². The predicted octanol–water partition coefficient (Wildman–Crippen LogP) is 4.40. The summed E-state index contributed by atoms with van der Waals surface area (Å²) in [6.07, 6.45) is 3.04. The minimum Gasteiger partial charge on any atom is -0.324 e. The second kappa shape index (κ2) is 7.13. The van der Waals surface area contributed by atoms with E-state index in [1.54, 1.807) is 0 Å². The van der Waals surface area contributed by atoms with Crippen LogP contribution in [-0.4, -0.2) is 15.9 Å². The van der Waals surface area contributed by atoms with Crippen molar-refractivity contribution in [2.45, 2.75) is 20.8 Å². The van der Waals surface area contributed by atoms with E-state index in [0.717, 1.165) is 22.5 Å². The number of aryl methyl sites for hydroxylation is 3. The first-order valence-electron chi connectivity index (χ1n) is 8.05. The molecule has 25 heavy (non-hydrogen) atoms. The smallest absolute Gasteiger partial charge is 0.258 e.